The van der Waals surface area contributed by atoms with E-state index < -0.39 is 0 Å². The van der Waals surface area contributed by atoms with Crippen molar-refractivity contribution in [2.75, 3.05) is 0 Å². The molecule has 1 unspecified atom stereocenters. The van der Waals surface area contributed by atoms with Gasteiger partial charge >= 0.3 is 0 Å². The van der Waals surface area contributed by atoms with Crippen LogP contribution in [0.2, 0.25) is 0 Å². The van der Waals surface area contributed by atoms with Gasteiger partial charge in [-0.1, -0.05) is 36.4 Å². The van der Waals surface area contributed by atoms with Crippen molar-refractivity contribution in [2.45, 2.75) is 27.7 Å². The van der Waals surface area contributed by atoms with Crippen LogP contribution < -0.4 is 5.30 Å². The van der Waals surface area contributed by atoms with Crippen LogP contribution >= 0.6 is 8.58 Å². The van der Waals surface area contributed by atoms with Crippen LogP contribution in [0.4, 0.5) is 0 Å². The summed E-state index contributed by atoms with van der Waals surface area (Å²) in [6.07, 6.45) is 0. The summed E-state index contributed by atoms with van der Waals surface area (Å²) in [4.78, 5) is 12.6. The highest BCUT2D eigenvalue weighted by atomic mass is 31.1. The summed E-state index contributed by atoms with van der Waals surface area (Å²) in [6, 6.07) is 12.2. The second-order valence-electron chi connectivity index (χ2n) is 4.99. The lowest BCUT2D eigenvalue weighted by Gasteiger charge is -2.12. The lowest BCUT2D eigenvalue weighted by molar-refractivity contribution is 0.108. The molecule has 0 fully saturated rings. The molecule has 0 spiro atoms. The van der Waals surface area contributed by atoms with Crippen molar-refractivity contribution < 1.29 is 4.79 Å². The Bertz CT molecular complexity index is 589. The minimum atomic E-state index is 0.207. The molecule has 0 radical (unpaired) electrons. The fourth-order valence-corrected chi connectivity index (χ4v) is 3.67. The first-order valence-electron chi connectivity index (χ1n) is 6.44. The molecule has 0 saturated carbocycles. The fraction of sp³-hybridized carbons (Fsp3) is 0.235. The van der Waals surface area contributed by atoms with Gasteiger partial charge in [0.15, 0.2) is 5.52 Å². The normalized spacial score (nSPS) is 11.2. The van der Waals surface area contributed by atoms with E-state index in [0.717, 1.165) is 16.7 Å². The van der Waals surface area contributed by atoms with Crippen molar-refractivity contribution in [1.82, 2.24) is 0 Å². The second kappa shape index (κ2) is 5.67. The smallest absolute Gasteiger partial charge is 0.186 e. The van der Waals surface area contributed by atoms with E-state index in [4.69, 9.17) is 0 Å². The first-order chi connectivity index (χ1) is 9.00. The van der Waals surface area contributed by atoms with E-state index in [1.807, 2.05) is 38.1 Å². The van der Waals surface area contributed by atoms with E-state index in [9.17, 15) is 4.79 Å². The van der Waals surface area contributed by atoms with E-state index in [-0.39, 0.29) is 14.1 Å². The summed E-state index contributed by atoms with van der Waals surface area (Å²) >= 11 is 0. The van der Waals surface area contributed by atoms with E-state index in [1.54, 1.807) is 0 Å². The van der Waals surface area contributed by atoms with E-state index in [0.29, 0.717) is 0 Å². The number of carbonyl (C=O) groups excluding carboxylic acids is 1. The molecule has 0 N–H and O–H groups in total. The van der Waals surface area contributed by atoms with Crippen LogP contribution in [0.5, 0.6) is 0 Å². The van der Waals surface area contributed by atoms with Gasteiger partial charge in [0.05, 0.1) is 0 Å². The molecular weight excluding hydrogens is 251 g/mol. The number of hydrogen-bond acceptors (Lipinski definition) is 1. The summed E-state index contributed by atoms with van der Waals surface area (Å²) in [5.41, 5.74) is 5.69. The molecule has 0 aliphatic heterocycles. The Hall–Kier alpha value is -1.46. The maximum Gasteiger partial charge on any atom is 0.186 e. The zero-order valence-corrected chi connectivity index (χ0v) is 12.9. The summed E-state index contributed by atoms with van der Waals surface area (Å²) in [6.45, 7) is 8.17. The van der Waals surface area contributed by atoms with Crippen LogP contribution in [0.25, 0.3) is 0 Å². The lowest BCUT2D eigenvalue weighted by atomic mass is 10.0. The van der Waals surface area contributed by atoms with E-state index >= 15 is 0 Å². The van der Waals surface area contributed by atoms with Crippen LogP contribution in [0, 0.1) is 27.7 Å². The number of rotatable bonds is 3. The SMILES string of the molecule is Cc1cccc(C)c1PC(=O)c1c(C)cccc1C. The lowest BCUT2D eigenvalue weighted by Crippen LogP contribution is -2.10. The highest BCUT2D eigenvalue weighted by molar-refractivity contribution is 7.66. The number of benzene rings is 2. The van der Waals surface area contributed by atoms with Gasteiger partial charge in [-0.3, -0.25) is 4.79 Å². The van der Waals surface area contributed by atoms with Gasteiger partial charge in [0, 0.05) is 5.56 Å². The van der Waals surface area contributed by atoms with Crippen LogP contribution in [-0.4, -0.2) is 5.52 Å². The quantitative estimate of drug-likeness (QED) is 0.768. The summed E-state index contributed by atoms with van der Waals surface area (Å²) in [5.74, 6) is 0. The summed E-state index contributed by atoms with van der Waals surface area (Å²) in [7, 11) is 0.207. The zero-order chi connectivity index (χ0) is 14.0. The fourth-order valence-electron chi connectivity index (χ4n) is 2.36. The van der Waals surface area contributed by atoms with Gasteiger partial charge in [0.25, 0.3) is 0 Å². The van der Waals surface area contributed by atoms with Gasteiger partial charge in [0.1, 0.15) is 0 Å². The molecule has 0 aromatic heterocycles. The van der Waals surface area contributed by atoms with Gasteiger partial charge in [0.2, 0.25) is 0 Å². The van der Waals surface area contributed by atoms with Crippen molar-refractivity contribution in [3.05, 3.63) is 64.2 Å². The Morgan fingerprint density at radius 2 is 1.21 bits per heavy atom. The van der Waals surface area contributed by atoms with E-state index in [1.165, 1.54) is 16.4 Å². The van der Waals surface area contributed by atoms with Crippen LogP contribution in [0.15, 0.2) is 36.4 Å². The molecule has 0 amide bonds. The standard InChI is InChI=1S/C17H19OP/c1-11-7-5-8-12(2)15(11)17(18)19-16-13(3)9-6-10-14(16)4/h5-10,19H,1-4H3. The van der Waals surface area contributed by atoms with Crippen molar-refractivity contribution in [2.24, 2.45) is 0 Å². The van der Waals surface area contributed by atoms with Crippen molar-refractivity contribution in [1.29, 1.82) is 0 Å². The van der Waals surface area contributed by atoms with E-state index in [2.05, 4.69) is 26.0 Å². The third kappa shape index (κ3) is 2.93. The Morgan fingerprint density at radius 1 is 0.789 bits per heavy atom. The third-order valence-electron chi connectivity index (χ3n) is 3.43. The molecule has 2 rings (SSSR count). The van der Waals surface area contributed by atoms with Gasteiger partial charge in [-0.05, 0) is 63.8 Å². The molecule has 0 aliphatic carbocycles. The zero-order valence-electron chi connectivity index (χ0n) is 11.9. The molecule has 98 valence electrons. The minimum absolute atomic E-state index is 0.207. The average Bonchev–Trinajstić information content (AvgIpc) is 2.34. The van der Waals surface area contributed by atoms with Gasteiger partial charge in [-0.2, -0.15) is 0 Å². The molecule has 2 aromatic carbocycles. The Balaban J connectivity index is 2.37. The Morgan fingerprint density at radius 3 is 1.68 bits per heavy atom. The molecule has 2 heteroatoms. The molecule has 0 bridgehead atoms. The topological polar surface area (TPSA) is 17.1 Å². The van der Waals surface area contributed by atoms with Crippen LogP contribution in [0.3, 0.4) is 0 Å². The number of hydrogen-bond donors (Lipinski definition) is 0. The minimum Gasteiger partial charge on any atom is -0.289 e. The molecule has 19 heavy (non-hydrogen) atoms. The summed E-state index contributed by atoms with van der Waals surface area (Å²) < 4.78 is 0. The third-order valence-corrected chi connectivity index (χ3v) is 4.94. The molecule has 0 heterocycles. The first kappa shape index (κ1) is 14.0. The number of carbonyl (C=O) groups is 1. The Labute approximate surface area is 116 Å². The molecule has 0 saturated heterocycles. The molecule has 1 atom stereocenters. The maximum atomic E-state index is 12.6. The highest BCUT2D eigenvalue weighted by Gasteiger charge is 2.14. The average molecular weight is 270 g/mol. The first-order valence-corrected chi connectivity index (χ1v) is 7.44. The Kier molecular flexibility index (Phi) is 4.17. The maximum absolute atomic E-state index is 12.6. The second-order valence-corrected chi connectivity index (χ2v) is 6.19. The van der Waals surface area contributed by atoms with Crippen LogP contribution in [0.1, 0.15) is 32.6 Å². The van der Waals surface area contributed by atoms with Gasteiger partial charge in [-0.25, -0.2) is 0 Å². The van der Waals surface area contributed by atoms with Gasteiger partial charge in [-0.15, -0.1) is 0 Å². The predicted molar refractivity (Wildman–Crippen MR) is 84.1 cm³/mol. The van der Waals surface area contributed by atoms with Gasteiger partial charge < -0.3 is 0 Å². The van der Waals surface area contributed by atoms with Crippen LogP contribution in [-0.2, 0) is 0 Å². The molecule has 0 aliphatic rings. The van der Waals surface area contributed by atoms with Crippen molar-refractivity contribution >= 4 is 19.4 Å². The predicted octanol–water partition coefficient (Wildman–Crippen LogP) is 4.06. The van der Waals surface area contributed by atoms with Crippen molar-refractivity contribution in [3.8, 4) is 0 Å². The monoisotopic (exact) mass is 270 g/mol. The number of aryl methyl sites for hydroxylation is 4. The van der Waals surface area contributed by atoms with Crippen molar-refractivity contribution in [3.63, 3.8) is 0 Å². The molecule has 1 nitrogen and oxygen atoms in total. The molecular formula is C17H19OP. The largest absolute Gasteiger partial charge is 0.289 e. The molecule has 2 aromatic rings. The highest BCUT2D eigenvalue weighted by Crippen LogP contribution is 2.26. The summed E-state index contributed by atoms with van der Waals surface area (Å²) in [5, 5.41) is 1.19.